The van der Waals surface area contributed by atoms with E-state index < -0.39 is 18.0 Å². The number of likely N-dealkylation sites (tertiary alicyclic amines) is 1. The highest BCUT2D eigenvalue weighted by molar-refractivity contribution is 5.85. The molecule has 0 aromatic heterocycles. The second-order valence-corrected chi connectivity index (χ2v) is 5.91. The highest BCUT2D eigenvalue weighted by atomic mass is 16.4. The summed E-state index contributed by atoms with van der Waals surface area (Å²) in [5, 5.41) is 18.8. The van der Waals surface area contributed by atoms with Gasteiger partial charge in [-0.3, -0.25) is 9.59 Å². The predicted octanol–water partition coefficient (Wildman–Crippen LogP) is 1.11. The Morgan fingerprint density at radius 2 is 1.79 bits per heavy atom. The van der Waals surface area contributed by atoms with E-state index >= 15 is 0 Å². The summed E-state index contributed by atoms with van der Waals surface area (Å²) in [6, 6.07) is 0. The second-order valence-electron chi connectivity index (χ2n) is 5.91. The van der Waals surface area contributed by atoms with Crippen molar-refractivity contribution < 1.29 is 19.8 Å². The van der Waals surface area contributed by atoms with Crippen molar-refractivity contribution in [1.29, 1.82) is 0 Å². The third-order valence-electron chi connectivity index (χ3n) is 4.62. The van der Waals surface area contributed by atoms with Crippen molar-refractivity contribution in [1.82, 2.24) is 4.90 Å². The second kappa shape index (κ2) is 5.90. The molecule has 1 aliphatic carbocycles. The molecular weight excluding hydrogens is 246 g/mol. The molecule has 5 nitrogen and oxygen atoms in total. The Hall–Kier alpha value is -1.10. The first-order chi connectivity index (χ1) is 9.00. The number of hydrogen-bond acceptors (Lipinski definition) is 3. The Balaban J connectivity index is 2.00. The van der Waals surface area contributed by atoms with Crippen molar-refractivity contribution in [2.24, 2.45) is 17.8 Å². The number of carbonyl (C=O) groups excluding carboxylic acids is 1. The van der Waals surface area contributed by atoms with Gasteiger partial charge in [-0.2, -0.15) is 0 Å². The number of carbonyl (C=O) groups is 2. The molecule has 0 spiro atoms. The SMILES string of the molecule is CC(O)C1CCN(C(=O)[C@@H]2CCCC[C@@H]2C(=O)O)C1. The van der Waals surface area contributed by atoms with E-state index in [1.807, 2.05) is 0 Å². The van der Waals surface area contributed by atoms with Crippen LogP contribution in [0.15, 0.2) is 0 Å². The minimum absolute atomic E-state index is 0.0183. The summed E-state index contributed by atoms with van der Waals surface area (Å²) in [5.41, 5.74) is 0. The molecule has 2 unspecified atom stereocenters. The zero-order valence-electron chi connectivity index (χ0n) is 11.4. The van der Waals surface area contributed by atoms with E-state index in [4.69, 9.17) is 0 Å². The topological polar surface area (TPSA) is 77.8 Å². The fraction of sp³-hybridized carbons (Fsp3) is 0.857. The minimum Gasteiger partial charge on any atom is -0.481 e. The van der Waals surface area contributed by atoms with Crippen molar-refractivity contribution in [3.8, 4) is 0 Å². The van der Waals surface area contributed by atoms with E-state index in [1.165, 1.54) is 0 Å². The monoisotopic (exact) mass is 269 g/mol. The van der Waals surface area contributed by atoms with Crippen LogP contribution in [0.1, 0.15) is 39.0 Å². The van der Waals surface area contributed by atoms with E-state index in [0.29, 0.717) is 25.9 Å². The third-order valence-corrected chi connectivity index (χ3v) is 4.62. The van der Waals surface area contributed by atoms with Crippen molar-refractivity contribution in [2.75, 3.05) is 13.1 Å². The lowest BCUT2D eigenvalue weighted by Gasteiger charge is -2.31. The van der Waals surface area contributed by atoms with Gasteiger partial charge in [0.1, 0.15) is 0 Å². The lowest BCUT2D eigenvalue weighted by atomic mass is 9.78. The number of rotatable bonds is 3. The summed E-state index contributed by atoms with van der Waals surface area (Å²) in [6.07, 6.45) is 3.54. The molecule has 0 bridgehead atoms. The smallest absolute Gasteiger partial charge is 0.307 e. The molecule has 2 N–H and O–H groups in total. The zero-order valence-corrected chi connectivity index (χ0v) is 11.4. The van der Waals surface area contributed by atoms with Crippen LogP contribution >= 0.6 is 0 Å². The van der Waals surface area contributed by atoms with Crippen molar-refractivity contribution in [2.45, 2.75) is 45.1 Å². The Kier molecular flexibility index (Phi) is 4.45. The lowest BCUT2D eigenvalue weighted by molar-refractivity contribution is -0.152. The first-order valence-electron chi connectivity index (χ1n) is 7.20. The van der Waals surface area contributed by atoms with Crippen molar-refractivity contribution >= 4 is 11.9 Å². The van der Waals surface area contributed by atoms with Gasteiger partial charge in [0.25, 0.3) is 0 Å². The van der Waals surface area contributed by atoms with Crippen LogP contribution in [0.4, 0.5) is 0 Å². The maximum atomic E-state index is 12.5. The Bertz CT molecular complexity index is 355. The maximum absolute atomic E-state index is 12.5. The molecule has 2 aliphatic rings. The number of carboxylic acids is 1. The Labute approximate surface area is 113 Å². The van der Waals surface area contributed by atoms with Gasteiger partial charge in [-0.05, 0) is 26.2 Å². The summed E-state index contributed by atoms with van der Waals surface area (Å²) in [5.74, 6) is -1.61. The fourth-order valence-corrected chi connectivity index (χ4v) is 3.34. The van der Waals surface area contributed by atoms with Gasteiger partial charge in [-0.25, -0.2) is 0 Å². The third kappa shape index (κ3) is 3.08. The molecule has 0 aromatic carbocycles. The van der Waals surface area contributed by atoms with Crippen LogP contribution in [-0.4, -0.2) is 46.2 Å². The molecule has 5 heteroatoms. The highest BCUT2D eigenvalue weighted by Crippen LogP contribution is 2.33. The molecule has 0 aromatic rings. The van der Waals surface area contributed by atoms with Crippen LogP contribution in [0.25, 0.3) is 0 Å². The minimum atomic E-state index is -0.843. The normalized spacial score (nSPS) is 33.2. The number of aliphatic carboxylic acids is 1. The number of amides is 1. The molecule has 2 fully saturated rings. The fourth-order valence-electron chi connectivity index (χ4n) is 3.34. The predicted molar refractivity (Wildman–Crippen MR) is 69.5 cm³/mol. The van der Waals surface area contributed by atoms with E-state index in [0.717, 1.165) is 19.3 Å². The first kappa shape index (κ1) is 14.3. The molecule has 1 aliphatic heterocycles. The standard InChI is InChI=1S/C14H23NO4/c1-9(16)10-6-7-15(8-10)13(17)11-4-2-3-5-12(11)14(18)19/h9-12,16H,2-8H2,1H3,(H,18,19)/t9?,10?,11-,12+/m1/s1. The first-order valence-corrected chi connectivity index (χ1v) is 7.20. The number of aliphatic hydroxyl groups excluding tert-OH is 1. The molecule has 108 valence electrons. The van der Waals surface area contributed by atoms with Gasteiger partial charge >= 0.3 is 5.97 Å². The molecular formula is C14H23NO4. The van der Waals surface area contributed by atoms with Crippen LogP contribution in [0.2, 0.25) is 0 Å². The van der Waals surface area contributed by atoms with Crippen LogP contribution in [0.5, 0.6) is 0 Å². The van der Waals surface area contributed by atoms with Crippen molar-refractivity contribution in [3.05, 3.63) is 0 Å². The quantitative estimate of drug-likeness (QED) is 0.804. The van der Waals surface area contributed by atoms with Crippen LogP contribution in [0, 0.1) is 17.8 Å². The molecule has 1 saturated carbocycles. The van der Waals surface area contributed by atoms with Gasteiger partial charge in [0.05, 0.1) is 17.9 Å². The van der Waals surface area contributed by atoms with Crippen LogP contribution < -0.4 is 0 Å². The van der Waals surface area contributed by atoms with Crippen molar-refractivity contribution in [3.63, 3.8) is 0 Å². The molecule has 2 rings (SSSR count). The van der Waals surface area contributed by atoms with Gasteiger partial charge in [-0.1, -0.05) is 12.8 Å². The molecule has 1 amide bonds. The van der Waals surface area contributed by atoms with Gasteiger partial charge in [0.2, 0.25) is 5.91 Å². The van der Waals surface area contributed by atoms with E-state index in [-0.39, 0.29) is 17.7 Å². The summed E-state index contributed by atoms with van der Waals surface area (Å²) < 4.78 is 0. The van der Waals surface area contributed by atoms with Gasteiger partial charge in [0, 0.05) is 19.0 Å². The van der Waals surface area contributed by atoms with E-state index in [1.54, 1.807) is 11.8 Å². The van der Waals surface area contributed by atoms with E-state index in [2.05, 4.69) is 0 Å². The molecule has 19 heavy (non-hydrogen) atoms. The molecule has 1 heterocycles. The molecule has 1 saturated heterocycles. The number of hydrogen-bond donors (Lipinski definition) is 2. The molecule has 4 atom stereocenters. The highest BCUT2D eigenvalue weighted by Gasteiger charge is 2.40. The summed E-state index contributed by atoms with van der Waals surface area (Å²) in [7, 11) is 0. The Morgan fingerprint density at radius 1 is 1.16 bits per heavy atom. The zero-order chi connectivity index (χ0) is 14.0. The molecule has 0 radical (unpaired) electrons. The van der Waals surface area contributed by atoms with Gasteiger partial charge < -0.3 is 15.1 Å². The summed E-state index contributed by atoms with van der Waals surface area (Å²) in [4.78, 5) is 25.5. The van der Waals surface area contributed by atoms with Crippen LogP contribution in [0.3, 0.4) is 0 Å². The summed E-state index contributed by atoms with van der Waals surface area (Å²) >= 11 is 0. The van der Waals surface area contributed by atoms with Crippen LogP contribution in [-0.2, 0) is 9.59 Å². The number of aliphatic hydroxyl groups is 1. The Morgan fingerprint density at radius 3 is 2.32 bits per heavy atom. The average molecular weight is 269 g/mol. The van der Waals surface area contributed by atoms with E-state index in [9.17, 15) is 19.8 Å². The lowest BCUT2D eigenvalue weighted by Crippen LogP contribution is -2.41. The maximum Gasteiger partial charge on any atom is 0.307 e. The summed E-state index contributed by atoms with van der Waals surface area (Å²) in [6.45, 7) is 2.97. The number of carboxylic acid groups (broad SMARTS) is 1. The number of nitrogens with zero attached hydrogens (tertiary/aromatic N) is 1. The largest absolute Gasteiger partial charge is 0.481 e. The van der Waals surface area contributed by atoms with Gasteiger partial charge in [0.15, 0.2) is 0 Å². The van der Waals surface area contributed by atoms with Gasteiger partial charge in [-0.15, -0.1) is 0 Å². The average Bonchev–Trinajstić information content (AvgIpc) is 2.87.